The number of azide groups is 1. The summed E-state index contributed by atoms with van der Waals surface area (Å²) in [5.41, 5.74) is 9.15. The van der Waals surface area contributed by atoms with E-state index < -0.39 is 0 Å². The summed E-state index contributed by atoms with van der Waals surface area (Å²) in [6.07, 6.45) is 0.119. The van der Waals surface area contributed by atoms with Crippen molar-refractivity contribution < 1.29 is 9.59 Å². The number of carbonyl (C=O) groups is 2. The number of nitrogens with zero attached hydrogens (tertiary/aromatic N) is 3. The molecule has 1 N–H and O–H groups in total. The standard InChI is InChI=1S/C11H12N4O2/c1-8(16)9-3-2-4-10(7-9)14-11(17)5-6-13-15-12/h2-4,7H,5-6H2,1H3,(H,14,17). The molecule has 1 aromatic rings. The van der Waals surface area contributed by atoms with Gasteiger partial charge in [0.25, 0.3) is 0 Å². The molecule has 6 nitrogen and oxygen atoms in total. The molecule has 0 aliphatic carbocycles. The minimum absolute atomic E-state index is 0.0600. The van der Waals surface area contributed by atoms with E-state index in [0.29, 0.717) is 11.3 Å². The van der Waals surface area contributed by atoms with Crippen LogP contribution in [-0.2, 0) is 4.79 Å². The molecule has 0 unspecified atom stereocenters. The fourth-order valence-corrected chi connectivity index (χ4v) is 1.24. The number of nitrogens with one attached hydrogen (secondary N) is 1. The van der Waals surface area contributed by atoms with Gasteiger partial charge in [0.1, 0.15) is 0 Å². The lowest BCUT2D eigenvalue weighted by atomic mass is 10.1. The molecule has 1 amide bonds. The first-order chi connectivity index (χ1) is 8.13. The zero-order chi connectivity index (χ0) is 12.7. The Morgan fingerprint density at radius 2 is 2.24 bits per heavy atom. The molecule has 1 aromatic carbocycles. The SMILES string of the molecule is CC(=O)c1cccc(NC(=O)CCN=[N+]=[N-])c1. The van der Waals surface area contributed by atoms with Gasteiger partial charge in [0, 0.05) is 29.1 Å². The molecule has 1 rings (SSSR count). The summed E-state index contributed by atoms with van der Waals surface area (Å²) in [5, 5.41) is 5.89. The number of hydrogen-bond acceptors (Lipinski definition) is 3. The zero-order valence-electron chi connectivity index (χ0n) is 9.38. The average molecular weight is 232 g/mol. The van der Waals surface area contributed by atoms with Crippen LogP contribution in [0, 0.1) is 0 Å². The highest BCUT2D eigenvalue weighted by Gasteiger charge is 2.03. The van der Waals surface area contributed by atoms with Gasteiger partial charge in [-0.3, -0.25) is 9.59 Å². The smallest absolute Gasteiger partial charge is 0.224 e. The highest BCUT2D eigenvalue weighted by Crippen LogP contribution is 2.11. The summed E-state index contributed by atoms with van der Waals surface area (Å²) in [6.45, 7) is 1.58. The topological polar surface area (TPSA) is 94.9 Å². The van der Waals surface area contributed by atoms with Crippen molar-refractivity contribution in [3.05, 3.63) is 40.3 Å². The van der Waals surface area contributed by atoms with Crippen molar-refractivity contribution in [3.63, 3.8) is 0 Å². The Balaban J connectivity index is 2.62. The molecule has 0 heterocycles. The maximum absolute atomic E-state index is 11.4. The largest absolute Gasteiger partial charge is 0.326 e. The quantitative estimate of drug-likeness (QED) is 0.365. The second-order valence-corrected chi connectivity index (χ2v) is 3.39. The third-order valence-electron chi connectivity index (χ3n) is 2.05. The number of carbonyl (C=O) groups excluding carboxylic acids is 2. The van der Waals surface area contributed by atoms with Gasteiger partial charge in [-0.1, -0.05) is 17.2 Å². The van der Waals surface area contributed by atoms with Crippen LogP contribution in [0.2, 0.25) is 0 Å². The molecular weight excluding hydrogens is 220 g/mol. The van der Waals surface area contributed by atoms with E-state index in [1.165, 1.54) is 6.92 Å². The van der Waals surface area contributed by atoms with Gasteiger partial charge >= 0.3 is 0 Å². The number of amides is 1. The predicted molar refractivity (Wildman–Crippen MR) is 63.7 cm³/mol. The van der Waals surface area contributed by atoms with Crippen molar-refractivity contribution in [1.82, 2.24) is 0 Å². The molecule has 0 aliphatic rings. The van der Waals surface area contributed by atoms with Crippen molar-refractivity contribution in [2.24, 2.45) is 5.11 Å². The third-order valence-corrected chi connectivity index (χ3v) is 2.05. The summed E-state index contributed by atoms with van der Waals surface area (Å²) in [7, 11) is 0. The number of Topliss-reactive ketones (excluding diaryl/α,β-unsaturated/α-hetero) is 1. The second-order valence-electron chi connectivity index (χ2n) is 3.39. The number of rotatable bonds is 5. The van der Waals surface area contributed by atoms with E-state index in [4.69, 9.17) is 5.53 Å². The molecule has 0 fully saturated rings. The van der Waals surface area contributed by atoms with Gasteiger partial charge in [-0.15, -0.1) is 0 Å². The Morgan fingerprint density at radius 3 is 2.88 bits per heavy atom. The third kappa shape index (κ3) is 4.36. The molecule has 88 valence electrons. The maximum atomic E-state index is 11.4. The van der Waals surface area contributed by atoms with E-state index in [-0.39, 0.29) is 24.7 Å². The van der Waals surface area contributed by atoms with Crippen molar-refractivity contribution >= 4 is 17.4 Å². The van der Waals surface area contributed by atoms with Crippen molar-refractivity contribution in [3.8, 4) is 0 Å². The molecular formula is C11H12N4O2. The molecule has 0 spiro atoms. The summed E-state index contributed by atoms with van der Waals surface area (Å²) >= 11 is 0. The van der Waals surface area contributed by atoms with E-state index in [0.717, 1.165) is 0 Å². The Kier molecular flexibility index (Phi) is 4.72. The number of benzene rings is 1. The van der Waals surface area contributed by atoms with Crippen LogP contribution in [0.15, 0.2) is 29.4 Å². The summed E-state index contributed by atoms with van der Waals surface area (Å²) in [6, 6.07) is 6.67. The van der Waals surface area contributed by atoms with Crippen molar-refractivity contribution in [2.75, 3.05) is 11.9 Å². The lowest BCUT2D eigenvalue weighted by Crippen LogP contribution is -2.12. The average Bonchev–Trinajstić information content (AvgIpc) is 2.29. The number of hydrogen-bond donors (Lipinski definition) is 1. The van der Waals surface area contributed by atoms with Crippen LogP contribution in [0.1, 0.15) is 23.7 Å². The van der Waals surface area contributed by atoms with E-state index >= 15 is 0 Å². The van der Waals surface area contributed by atoms with Crippen LogP contribution in [0.5, 0.6) is 0 Å². The Hall–Kier alpha value is -2.33. The Bertz CT molecular complexity index is 478. The normalized spacial score (nSPS) is 9.24. The molecule has 0 radical (unpaired) electrons. The monoisotopic (exact) mass is 232 g/mol. The summed E-state index contributed by atoms with van der Waals surface area (Å²) in [4.78, 5) is 25.1. The fraction of sp³-hybridized carbons (Fsp3) is 0.273. The molecule has 0 atom stereocenters. The zero-order valence-corrected chi connectivity index (χ0v) is 9.38. The highest BCUT2D eigenvalue weighted by molar-refractivity contribution is 5.97. The van der Waals surface area contributed by atoms with Gasteiger partial charge in [-0.25, -0.2) is 0 Å². The highest BCUT2D eigenvalue weighted by atomic mass is 16.1. The van der Waals surface area contributed by atoms with Gasteiger partial charge in [0.2, 0.25) is 5.91 Å². The van der Waals surface area contributed by atoms with E-state index in [9.17, 15) is 9.59 Å². The van der Waals surface area contributed by atoms with Gasteiger partial charge < -0.3 is 5.32 Å². The minimum atomic E-state index is -0.252. The summed E-state index contributed by atoms with van der Waals surface area (Å²) < 4.78 is 0. The van der Waals surface area contributed by atoms with Gasteiger partial charge in [-0.05, 0) is 24.6 Å². The van der Waals surface area contributed by atoms with Crippen molar-refractivity contribution in [2.45, 2.75) is 13.3 Å². The fourth-order valence-electron chi connectivity index (χ4n) is 1.24. The number of ketones is 1. The lowest BCUT2D eigenvalue weighted by molar-refractivity contribution is -0.116. The van der Waals surface area contributed by atoms with Crippen LogP contribution in [0.25, 0.3) is 10.4 Å². The summed E-state index contributed by atoms with van der Waals surface area (Å²) in [5.74, 6) is -0.312. The Labute approximate surface area is 98.3 Å². The van der Waals surface area contributed by atoms with E-state index in [2.05, 4.69) is 15.3 Å². The molecule has 17 heavy (non-hydrogen) atoms. The Morgan fingerprint density at radius 1 is 1.47 bits per heavy atom. The van der Waals surface area contributed by atoms with E-state index in [1.54, 1.807) is 24.3 Å². The predicted octanol–water partition coefficient (Wildman–Crippen LogP) is 2.53. The first-order valence-electron chi connectivity index (χ1n) is 5.05. The van der Waals surface area contributed by atoms with Gasteiger partial charge in [0.15, 0.2) is 5.78 Å². The van der Waals surface area contributed by atoms with E-state index in [1.807, 2.05) is 0 Å². The molecule has 6 heteroatoms. The second kappa shape index (κ2) is 6.30. The van der Waals surface area contributed by atoms with Crippen LogP contribution in [-0.4, -0.2) is 18.2 Å². The first kappa shape index (κ1) is 12.7. The molecule has 0 saturated heterocycles. The molecule has 0 bridgehead atoms. The molecule has 0 aliphatic heterocycles. The van der Waals surface area contributed by atoms with Crippen molar-refractivity contribution in [1.29, 1.82) is 0 Å². The minimum Gasteiger partial charge on any atom is -0.326 e. The van der Waals surface area contributed by atoms with Gasteiger partial charge in [0.05, 0.1) is 0 Å². The van der Waals surface area contributed by atoms with Gasteiger partial charge in [-0.2, -0.15) is 0 Å². The number of anilines is 1. The maximum Gasteiger partial charge on any atom is 0.224 e. The van der Waals surface area contributed by atoms with Crippen LogP contribution < -0.4 is 5.32 Å². The van der Waals surface area contributed by atoms with Crippen LogP contribution >= 0.6 is 0 Å². The molecule has 0 saturated carbocycles. The van der Waals surface area contributed by atoms with Crippen LogP contribution in [0.4, 0.5) is 5.69 Å². The first-order valence-corrected chi connectivity index (χ1v) is 5.05. The molecule has 0 aromatic heterocycles. The lowest BCUT2D eigenvalue weighted by Gasteiger charge is -2.05. The van der Waals surface area contributed by atoms with Crippen LogP contribution in [0.3, 0.4) is 0 Å².